The predicted octanol–water partition coefficient (Wildman–Crippen LogP) is 2.52. The fourth-order valence-electron chi connectivity index (χ4n) is 2.59. The van der Waals surface area contributed by atoms with E-state index in [-0.39, 0.29) is 18.4 Å². The van der Waals surface area contributed by atoms with Gasteiger partial charge in [-0.15, -0.1) is 0 Å². The number of aromatic nitrogens is 1. The molecular weight excluding hydrogens is 250 g/mol. The van der Waals surface area contributed by atoms with Gasteiger partial charge < -0.3 is 4.98 Å². The number of aromatic amines is 1. The second-order valence-corrected chi connectivity index (χ2v) is 5.04. The van der Waals surface area contributed by atoms with Crippen LogP contribution in [0.3, 0.4) is 0 Å². The number of hydrogen-bond acceptors (Lipinski definition) is 2. The number of benzene rings is 1. The van der Waals surface area contributed by atoms with Crippen molar-refractivity contribution in [2.45, 2.75) is 6.54 Å². The lowest BCUT2D eigenvalue weighted by atomic mass is 10.0. The summed E-state index contributed by atoms with van der Waals surface area (Å²) < 4.78 is 26.6. The zero-order chi connectivity index (χ0) is 13.4. The van der Waals surface area contributed by atoms with Crippen molar-refractivity contribution in [1.82, 2.24) is 9.88 Å². The van der Waals surface area contributed by atoms with Gasteiger partial charge in [-0.05, 0) is 0 Å². The number of likely N-dealkylation sites (tertiary alicyclic amines) is 1. The average molecular weight is 264 g/mol. The summed E-state index contributed by atoms with van der Waals surface area (Å²) in [5.74, 6) is -0.228. The molecule has 1 N–H and O–H groups in total. The van der Waals surface area contributed by atoms with Crippen LogP contribution in [0.4, 0.5) is 8.78 Å². The van der Waals surface area contributed by atoms with Crippen LogP contribution in [0.5, 0.6) is 0 Å². The van der Waals surface area contributed by atoms with E-state index in [4.69, 9.17) is 0 Å². The number of hydrogen-bond donors (Lipinski definition) is 1. The number of aldehydes is 1. The van der Waals surface area contributed by atoms with Crippen molar-refractivity contribution in [2.75, 3.05) is 19.8 Å². The maximum absolute atomic E-state index is 14.3. The molecular formula is C14H14F2N2O. The number of carbonyl (C=O) groups is 1. The minimum Gasteiger partial charge on any atom is -0.358 e. The van der Waals surface area contributed by atoms with Crippen LogP contribution in [0.15, 0.2) is 18.3 Å². The summed E-state index contributed by atoms with van der Waals surface area (Å²) in [7, 11) is 0. The summed E-state index contributed by atoms with van der Waals surface area (Å²) in [6, 6.07) is 3.45. The molecule has 3 nitrogen and oxygen atoms in total. The van der Waals surface area contributed by atoms with Gasteiger partial charge >= 0.3 is 0 Å². The topological polar surface area (TPSA) is 36.1 Å². The number of rotatable bonds is 4. The molecule has 0 amide bonds. The lowest BCUT2D eigenvalue weighted by molar-refractivity contribution is 0.0728. The fraction of sp³-hybridized carbons (Fsp3) is 0.357. The summed E-state index contributed by atoms with van der Waals surface area (Å²) in [4.78, 5) is 15.6. The number of alkyl halides is 1. The number of nitrogens with one attached hydrogen (secondary N) is 1. The Labute approximate surface area is 109 Å². The summed E-state index contributed by atoms with van der Waals surface area (Å²) in [5, 5.41) is 0.599. The molecule has 2 aromatic rings. The highest BCUT2D eigenvalue weighted by Crippen LogP contribution is 2.26. The minimum atomic E-state index is -0.325. The predicted molar refractivity (Wildman–Crippen MR) is 68.4 cm³/mol. The number of H-pyrrole nitrogens is 1. The molecule has 0 atom stereocenters. The largest absolute Gasteiger partial charge is 0.358 e. The van der Waals surface area contributed by atoms with Crippen molar-refractivity contribution in [3.63, 3.8) is 0 Å². The van der Waals surface area contributed by atoms with Crippen molar-refractivity contribution in [1.29, 1.82) is 0 Å². The number of fused-ring (bicyclic) bond motifs is 1. The van der Waals surface area contributed by atoms with Crippen LogP contribution in [-0.2, 0) is 6.54 Å². The van der Waals surface area contributed by atoms with Crippen LogP contribution in [0.1, 0.15) is 15.9 Å². The van der Waals surface area contributed by atoms with E-state index in [2.05, 4.69) is 4.98 Å². The molecule has 19 heavy (non-hydrogen) atoms. The lowest BCUT2D eigenvalue weighted by Crippen LogP contribution is -2.46. The highest BCUT2D eigenvalue weighted by molar-refractivity contribution is 5.97. The first-order valence-corrected chi connectivity index (χ1v) is 6.25. The van der Waals surface area contributed by atoms with E-state index in [1.54, 1.807) is 12.1 Å². The van der Waals surface area contributed by atoms with Crippen LogP contribution in [0.25, 0.3) is 10.9 Å². The normalized spacial score (nSPS) is 16.7. The summed E-state index contributed by atoms with van der Waals surface area (Å²) in [5.41, 5.74) is 1.40. The number of carbonyl (C=O) groups excluding carboxylic acids is 1. The summed E-state index contributed by atoms with van der Waals surface area (Å²) in [6.07, 6.45) is 2.21. The van der Waals surface area contributed by atoms with Gasteiger partial charge in [0.25, 0.3) is 0 Å². The first kappa shape index (κ1) is 12.3. The lowest BCUT2D eigenvalue weighted by Gasteiger charge is -2.37. The maximum atomic E-state index is 14.3. The van der Waals surface area contributed by atoms with Crippen molar-refractivity contribution < 1.29 is 13.6 Å². The van der Waals surface area contributed by atoms with E-state index in [9.17, 15) is 13.6 Å². The van der Waals surface area contributed by atoms with E-state index in [0.717, 1.165) is 0 Å². The second-order valence-electron chi connectivity index (χ2n) is 5.04. The molecule has 0 unspecified atom stereocenters. The van der Waals surface area contributed by atoms with Crippen LogP contribution >= 0.6 is 0 Å². The number of nitrogens with zero attached hydrogens (tertiary/aromatic N) is 1. The first-order chi connectivity index (χ1) is 9.22. The molecule has 1 aromatic carbocycles. The molecule has 1 aliphatic rings. The second kappa shape index (κ2) is 4.74. The molecule has 2 heterocycles. The van der Waals surface area contributed by atoms with Crippen molar-refractivity contribution in [2.24, 2.45) is 5.92 Å². The van der Waals surface area contributed by atoms with Gasteiger partial charge in [-0.3, -0.25) is 14.1 Å². The molecule has 0 saturated carbocycles. The highest BCUT2D eigenvalue weighted by atomic mass is 19.1. The molecule has 0 spiro atoms. The Morgan fingerprint density at radius 2 is 2.21 bits per heavy atom. The van der Waals surface area contributed by atoms with E-state index in [1.807, 2.05) is 4.90 Å². The third-order valence-electron chi connectivity index (χ3n) is 3.68. The number of halogens is 2. The van der Waals surface area contributed by atoms with E-state index < -0.39 is 0 Å². The highest BCUT2D eigenvalue weighted by Gasteiger charge is 2.27. The van der Waals surface area contributed by atoms with Gasteiger partial charge in [0.2, 0.25) is 0 Å². The van der Waals surface area contributed by atoms with Crippen molar-refractivity contribution in [3.8, 4) is 0 Å². The first-order valence-electron chi connectivity index (χ1n) is 6.25. The molecule has 1 fully saturated rings. The van der Waals surface area contributed by atoms with E-state index in [1.165, 1.54) is 6.20 Å². The standard InChI is InChI=1S/C14H14F2N2O/c15-3-9-5-18(6-9)7-10-1-2-12-11(8-19)4-17-14(12)13(10)16/h1-2,4,8-9,17H,3,5-7H2. The van der Waals surface area contributed by atoms with Crippen LogP contribution in [0, 0.1) is 11.7 Å². The van der Waals surface area contributed by atoms with Gasteiger partial charge in [0.15, 0.2) is 12.1 Å². The molecule has 100 valence electrons. The Balaban J connectivity index is 1.85. The van der Waals surface area contributed by atoms with Gasteiger partial charge in [-0.25, -0.2) is 4.39 Å². The molecule has 0 bridgehead atoms. The van der Waals surface area contributed by atoms with Crippen molar-refractivity contribution >= 4 is 17.2 Å². The Morgan fingerprint density at radius 1 is 1.42 bits per heavy atom. The van der Waals surface area contributed by atoms with Gasteiger partial charge in [0, 0.05) is 48.3 Å². The van der Waals surface area contributed by atoms with Gasteiger partial charge in [-0.1, -0.05) is 12.1 Å². The molecule has 1 aliphatic heterocycles. The van der Waals surface area contributed by atoms with Crippen LogP contribution < -0.4 is 0 Å². The van der Waals surface area contributed by atoms with Crippen molar-refractivity contribution in [3.05, 3.63) is 35.3 Å². The quantitative estimate of drug-likeness (QED) is 0.861. The van der Waals surface area contributed by atoms with E-state index in [0.29, 0.717) is 48.0 Å². The monoisotopic (exact) mass is 264 g/mol. The minimum absolute atomic E-state index is 0.0962. The third kappa shape index (κ3) is 2.04. The Kier molecular flexibility index (Phi) is 3.06. The smallest absolute Gasteiger partial charge is 0.152 e. The van der Waals surface area contributed by atoms with Gasteiger partial charge in [0.05, 0.1) is 12.2 Å². The molecule has 0 radical (unpaired) electrons. The van der Waals surface area contributed by atoms with Crippen LogP contribution in [-0.4, -0.2) is 35.9 Å². The SMILES string of the molecule is O=Cc1c[nH]c2c(F)c(CN3CC(CF)C3)ccc12. The maximum Gasteiger partial charge on any atom is 0.152 e. The summed E-state index contributed by atoms with van der Waals surface area (Å²) >= 11 is 0. The zero-order valence-corrected chi connectivity index (χ0v) is 10.3. The zero-order valence-electron chi connectivity index (χ0n) is 10.3. The Hall–Kier alpha value is -1.75. The fourth-order valence-corrected chi connectivity index (χ4v) is 2.59. The van der Waals surface area contributed by atoms with Gasteiger partial charge in [0.1, 0.15) is 0 Å². The van der Waals surface area contributed by atoms with Crippen LogP contribution in [0.2, 0.25) is 0 Å². The molecule has 1 aromatic heterocycles. The molecule has 1 saturated heterocycles. The molecule has 3 rings (SSSR count). The Morgan fingerprint density at radius 3 is 2.89 bits per heavy atom. The summed E-state index contributed by atoms with van der Waals surface area (Å²) in [6.45, 7) is 1.53. The van der Waals surface area contributed by atoms with Gasteiger partial charge in [-0.2, -0.15) is 0 Å². The van der Waals surface area contributed by atoms with E-state index >= 15 is 0 Å². The molecule has 0 aliphatic carbocycles. The third-order valence-corrected chi connectivity index (χ3v) is 3.68. The molecule has 5 heteroatoms. The Bertz CT molecular complexity index is 617. The average Bonchev–Trinajstić information content (AvgIpc) is 2.79.